The summed E-state index contributed by atoms with van der Waals surface area (Å²) in [6.45, 7) is 2.23. The van der Waals surface area contributed by atoms with Crippen molar-refractivity contribution in [2.75, 3.05) is 24.3 Å². The van der Waals surface area contributed by atoms with E-state index in [1.54, 1.807) is 6.07 Å². The van der Waals surface area contributed by atoms with Crippen LogP contribution >= 0.6 is 0 Å². The summed E-state index contributed by atoms with van der Waals surface area (Å²) in [4.78, 5) is 8.83. The van der Waals surface area contributed by atoms with E-state index in [0.29, 0.717) is 41.3 Å². The topological polar surface area (TPSA) is 114 Å². The number of rotatable bonds is 6. The smallest absolute Gasteiger partial charge is 0.174 e. The van der Waals surface area contributed by atoms with E-state index in [-0.39, 0.29) is 18.2 Å². The first-order valence-electron chi connectivity index (χ1n) is 7.95. The first kappa shape index (κ1) is 16.8. The van der Waals surface area contributed by atoms with Crippen LogP contribution in [0, 0.1) is 6.92 Å². The average molecular weight is 340 g/mol. The van der Waals surface area contributed by atoms with Gasteiger partial charge in [0.1, 0.15) is 11.5 Å². The number of aliphatic hydroxyl groups excluding tert-OH is 1. The summed E-state index contributed by atoms with van der Waals surface area (Å²) >= 11 is 0. The van der Waals surface area contributed by atoms with Gasteiger partial charge in [-0.05, 0) is 30.7 Å². The Kier molecular flexibility index (Phi) is 4.85. The molecule has 25 heavy (non-hydrogen) atoms. The normalized spacial score (nSPS) is 10.8. The lowest BCUT2D eigenvalue weighted by atomic mass is 10.1. The zero-order chi connectivity index (χ0) is 17.8. The summed E-state index contributed by atoms with van der Waals surface area (Å²) in [6.07, 6.45) is 0.512. The van der Waals surface area contributed by atoms with Crippen molar-refractivity contribution in [2.45, 2.75) is 13.3 Å². The Balaban J connectivity index is 1.98. The lowest BCUT2D eigenvalue weighted by Gasteiger charge is -2.16. The number of nitrogens with two attached hydrogens (primary N) is 1. The van der Waals surface area contributed by atoms with Gasteiger partial charge in [-0.25, -0.2) is 9.97 Å². The standard InChI is InChI=1S/C18H20N4O3/c1-11-9-12(24)10-15(16(11)25-8-4-7-23)22-18-17(19)20-13-5-2-3-6-14(13)21-18/h2-3,5-6,9-10,23-24H,4,7-8H2,1H3,(H2,19,20)(H,21,22). The molecule has 1 heterocycles. The molecular weight excluding hydrogens is 320 g/mol. The molecule has 0 aliphatic heterocycles. The van der Waals surface area contributed by atoms with Crippen molar-refractivity contribution in [3.63, 3.8) is 0 Å². The number of aryl methyl sites for hydroxylation is 1. The highest BCUT2D eigenvalue weighted by atomic mass is 16.5. The highest BCUT2D eigenvalue weighted by molar-refractivity contribution is 5.82. The molecule has 5 N–H and O–H groups in total. The zero-order valence-electron chi connectivity index (χ0n) is 13.9. The SMILES string of the molecule is Cc1cc(O)cc(Nc2nc3ccccc3nc2N)c1OCCCO. The maximum atomic E-state index is 9.91. The molecule has 130 valence electrons. The molecule has 0 radical (unpaired) electrons. The fourth-order valence-electron chi connectivity index (χ4n) is 2.51. The Morgan fingerprint density at radius 3 is 2.60 bits per heavy atom. The van der Waals surface area contributed by atoms with E-state index >= 15 is 0 Å². The maximum Gasteiger partial charge on any atom is 0.174 e. The number of fused-ring (bicyclic) bond motifs is 1. The minimum absolute atomic E-state index is 0.0446. The first-order chi connectivity index (χ1) is 12.1. The number of nitrogens with zero attached hydrogens (tertiary/aromatic N) is 2. The Labute approximate surface area is 145 Å². The number of nitrogens with one attached hydrogen (secondary N) is 1. The lowest BCUT2D eigenvalue weighted by Crippen LogP contribution is -2.06. The second-order valence-electron chi connectivity index (χ2n) is 5.64. The van der Waals surface area contributed by atoms with Crippen LogP contribution in [-0.4, -0.2) is 33.4 Å². The lowest BCUT2D eigenvalue weighted by molar-refractivity contribution is 0.233. The number of nitrogen functional groups attached to an aromatic ring is 1. The van der Waals surface area contributed by atoms with Crippen LogP contribution in [0.4, 0.5) is 17.3 Å². The molecule has 3 rings (SSSR count). The van der Waals surface area contributed by atoms with E-state index in [0.717, 1.165) is 5.56 Å². The molecule has 0 saturated carbocycles. The molecule has 3 aromatic rings. The molecule has 0 aliphatic carbocycles. The number of anilines is 3. The predicted molar refractivity (Wildman–Crippen MR) is 97.3 cm³/mol. The van der Waals surface area contributed by atoms with Crippen molar-refractivity contribution in [1.29, 1.82) is 0 Å². The molecule has 1 aromatic heterocycles. The fraction of sp³-hybridized carbons (Fsp3) is 0.222. The van der Waals surface area contributed by atoms with E-state index in [1.807, 2.05) is 31.2 Å². The largest absolute Gasteiger partial charge is 0.508 e. The Bertz CT molecular complexity index is 899. The third-order valence-electron chi connectivity index (χ3n) is 3.66. The van der Waals surface area contributed by atoms with Gasteiger partial charge in [-0.15, -0.1) is 0 Å². The number of hydrogen-bond donors (Lipinski definition) is 4. The summed E-state index contributed by atoms with van der Waals surface area (Å²) in [6, 6.07) is 10.6. The Morgan fingerprint density at radius 2 is 1.88 bits per heavy atom. The van der Waals surface area contributed by atoms with Gasteiger partial charge >= 0.3 is 0 Å². The summed E-state index contributed by atoms with van der Waals surface area (Å²) in [7, 11) is 0. The van der Waals surface area contributed by atoms with E-state index in [4.69, 9.17) is 15.6 Å². The van der Waals surface area contributed by atoms with Crippen molar-refractivity contribution in [2.24, 2.45) is 0 Å². The Hall–Kier alpha value is -3.06. The molecule has 0 aliphatic rings. The maximum absolute atomic E-state index is 9.91. The summed E-state index contributed by atoms with van der Waals surface area (Å²) in [5.74, 6) is 1.30. The van der Waals surface area contributed by atoms with Gasteiger partial charge in [0.2, 0.25) is 0 Å². The molecule has 7 heteroatoms. The van der Waals surface area contributed by atoms with Crippen LogP contribution in [0.15, 0.2) is 36.4 Å². The van der Waals surface area contributed by atoms with Crippen molar-refractivity contribution in [3.8, 4) is 11.5 Å². The van der Waals surface area contributed by atoms with Crippen LogP contribution in [-0.2, 0) is 0 Å². The van der Waals surface area contributed by atoms with Gasteiger partial charge in [0.05, 0.1) is 23.3 Å². The number of phenols is 1. The summed E-state index contributed by atoms with van der Waals surface area (Å²) in [5, 5.41) is 21.9. The monoisotopic (exact) mass is 340 g/mol. The van der Waals surface area contributed by atoms with E-state index < -0.39 is 0 Å². The molecule has 0 spiro atoms. The van der Waals surface area contributed by atoms with Gasteiger partial charge in [-0.1, -0.05) is 12.1 Å². The van der Waals surface area contributed by atoms with Crippen LogP contribution in [0.2, 0.25) is 0 Å². The molecule has 2 aromatic carbocycles. The van der Waals surface area contributed by atoms with Crippen molar-refractivity contribution >= 4 is 28.4 Å². The minimum atomic E-state index is 0.0446. The quantitative estimate of drug-likeness (QED) is 0.510. The Morgan fingerprint density at radius 1 is 1.16 bits per heavy atom. The van der Waals surface area contributed by atoms with E-state index in [9.17, 15) is 5.11 Å². The van der Waals surface area contributed by atoms with E-state index in [2.05, 4.69) is 15.3 Å². The van der Waals surface area contributed by atoms with Gasteiger partial charge in [0.25, 0.3) is 0 Å². The fourth-order valence-corrected chi connectivity index (χ4v) is 2.51. The molecule has 0 amide bonds. The predicted octanol–water partition coefficient (Wildman–Crippen LogP) is 2.73. The third kappa shape index (κ3) is 3.72. The highest BCUT2D eigenvalue weighted by Crippen LogP contribution is 2.36. The van der Waals surface area contributed by atoms with Crippen LogP contribution < -0.4 is 15.8 Å². The number of phenolic OH excluding ortho intramolecular Hbond substituents is 1. The molecular formula is C18H20N4O3. The molecule has 0 unspecified atom stereocenters. The van der Waals surface area contributed by atoms with Gasteiger partial charge in [0.15, 0.2) is 11.6 Å². The number of aromatic nitrogens is 2. The van der Waals surface area contributed by atoms with Gasteiger partial charge in [-0.3, -0.25) is 0 Å². The second-order valence-corrected chi connectivity index (χ2v) is 5.64. The number of hydrogen-bond acceptors (Lipinski definition) is 7. The zero-order valence-corrected chi connectivity index (χ0v) is 13.9. The molecule has 0 bridgehead atoms. The number of aromatic hydroxyl groups is 1. The van der Waals surface area contributed by atoms with Gasteiger partial charge in [0, 0.05) is 19.1 Å². The van der Waals surface area contributed by atoms with Crippen molar-refractivity contribution < 1.29 is 14.9 Å². The number of para-hydroxylation sites is 2. The molecule has 7 nitrogen and oxygen atoms in total. The van der Waals surface area contributed by atoms with Crippen LogP contribution in [0.3, 0.4) is 0 Å². The van der Waals surface area contributed by atoms with E-state index in [1.165, 1.54) is 6.07 Å². The molecule has 0 atom stereocenters. The molecule has 0 fully saturated rings. The number of aliphatic hydroxyl groups is 1. The van der Waals surface area contributed by atoms with Crippen LogP contribution in [0.5, 0.6) is 11.5 Å². The second kappa shape index (κ2) is 7.23. The average Bonchev–Trinajstić information content (AvgIpc) is 2.58. The molecule has 0 saturated heterocycles. The van der Waals surface area contributed by atoms with Crippen LogP contribution in [0.25, 0.3) is 11.0 Å². The summed E-state index contributed by atoms with van der Waals surface area (Å²) < 4.78 is 5.74. The van der Waals surface area contributed by atoms with Gasteiger partial charge < -0.3 is 26.0 Å². The van der Waals surface area contributed by atoms with Crippen molar-refractivity contribution in [3.05, 3.63) is 42.0 Å². The van der Waals surface area contributed by atoms with Crippen molar-refractivity contribution in [1.82, 2.24) is 9.97 Å². The number of benzene rings is 2. The number of ether oxygens (including phenoxy) is 1. The van der Waals surface area contributed by atoms with Crippen LogP contribution in [0.1, 0.15) is 12.0 Å². The third-order valence-corrected chi connectivity index (χ3v) is 3.66. The first-order valence-corrected chi connectivity index (χ1v) is 7.95. The summed E-state index contributed by atoms with van der Waals surface area (Å²) in [5.41, 5.74) is 8.71. The minimum Gasteiger partial charge on any atom is -0.508 e. The highest BCUT2D eigenvalue weighted by Gasteiger charge is 2.13. The van der Waals surface area contributed by atoms with Gasteiger partial charge in [-0.2, -0.15) is 0 Å².